The first-order valence-corrected chi connectivity index (χ1v) is 15.4. The lowest BCUT2D eigenvalue weighted by atomic mass is 9.85. The minimum atomic E-state index is -4.51. The van der Waals surface area contributed by atoms with E-state index in [9.17, 15) is 26.3 Å². The molecule has 0 aromatic heterocycles. The van der Waals surface area contributed by atoms with E-state index < -0.39 is 23.5 Å². The van der Waals surface area contributed by atoms with Crippen LogP contribution in [0.3, 0.4) is 0 Å². The fourth-order valence-corrected chi connectivity index (χ4v) is 7.36. The molecule has 5 aromatic rings. The molecule has 0 heterocycles. The second kappa shape index (κ2) is 11.9. The Bertz CT molecular complexity index is 1640. The van der Waals surface area contributed by atoms with Crippen LogP contribution in [0, 0.1) is 0 Å². The molecule has 10 heteroatoms. The van der Waals surface area contributed by atoms with E-state index in [0.29, 0.717) is 42.3 Å². The second-order valence-electron chi connectivity index (χ2n) is 9.24. The summed E-state index contributed by atoms with van der Waals surface area (Å²) in [5.41, 5.74) is 3.39. The van der Waals surface area contributed by atoms with Gasteiger partial charge in [-0.3, -0.25) is 0 Å². The molecule has 0 atom stereocenters. The molecular formula is C32H16Br4F6. The third kappa shape index (κ3) is 6.00. The molecule has 0 fully saturated rings. The first-order chi connectivity index (χ1) is 19.8. The van der Waals surface area contributed by atoms with Crippen molar-refractivity contribution >= 4 is 63.7 Å². The normalized spacial score (nSPS) is 12.0. The maximum Gasteiger partial charge on any atom is 0.416 e. The van der Waals surface area contributed by atoms with Crippen LogP contribution in [-0.2, 0) is 12.4 Å². The number of hydrogen-bond donors (Lipinski definition) is 0. The van der Waals surface area contributed by atoms with E-state index in [1.165, 1.54) is 24.3 Å². The highest BCUT2D eigenvalue weighted by molar-refractivity contribution is 9.11. The molecule has 0 amide bonds. The van der Waals surface area contributed by atoms with Gasteiger partial charge in [0.1, 0.15) is 0 Å². The van der Waals surface area contributed by atoms with Gasteiger partial charge in [0.15, 0.2) is 0 Å². The van der Waals surface area contributed by atoms with E-state index in [0.717, 1.165) is 44.3 Å². The van der Waals surface area contributed by atoms with Crippen molar-refractivity contribution in [3.05, 3.63) is 126 Å². The van der Waals surface area contributed by atoms with Crippen LogP contribution in [0.4, 0.5) is 26.3 Å². The Balaban J connectivity index is 1.93. The number of hydrogen-bond acceptors (Lipinski definition) is 0. The molecule has 0 nitrogen and oxygen atoms in total. The van der Waals surface area contributed by atoms with E-state index in [1.54, 1.807) is 0 Å². The molecule has 0 radical (unpaired) electrons. The summed E-state index contributed by atoms with van der Waals surface area (Å²) in [7, 11) is 0. The summed E-state index contributed by atoms with van der Waals surface area (Å²) in [6.45, 7) is 0. The van der Waals surface area contributed by atoms with Gasteiger partial charge in [0.05, 0.1) is 11.1 Å². The zero-order valence-corrected chi connectivity index (χ0v) is 27.4. The summed E-state index contributed by atoms with van der Waals surface area (Å²) < 4.78 is 83.2. The predicted molar refractivity (Wildman–Crippen MR) is 169 cm³/mol. The van der Waals surface area contributed by atoms with E-state index in [1.807, 2.05) is 48.5 Å². The molecule has 0 aliphatic carbocycles. The highest BCUT2D eigenvalue weighted by atomic mass is 79.9. The van der Waals surface area contributed by atoms with Crippen LogP contribution >= 0.6 is 63.7 Å². The smallest absolute Gasteiger partial charge is 0.166 e. The van der Waals surface area contributed by atoms with Gasteiger partial charge in [0.2, 0.25) is 0 Å². The number of benzene rings is 5. The zero-order chi connectivity index (χ0) is 30.4. The molecule has 0 saturated carbocycles. The Kier molecular flexibility index (Phi) is 8.83. The van der Waals surface area contributed by atoms with Crippen molar-refractivity contribution in [1.29, 1.82) is 0 Å². The van der Waals surface area contributed by atoms with Crippen molar-refractivity contribution in [3.63, 3.8) is 0 Å². The Hall–Kier alpha value is -2.40. The summed E-state index contributed by atoms with van der Waals surface area (Å²) in [5.74, 6) is 0. The first kappa shape index (κ1) is 31.0. The van der Waals surface area contributed by atoms with Gasteiger partial charge in [-0.05, 0) is 90.5 Å². The van der Waals surface area contributed by atoms with Crippen LogP contribution in [0.25, 0.3) is 44.5 Å². The Labute approximate surface area is 271 Å². The van der Waals surface area contributed by atoms with Gasteiger partial charge in [0.25, 0.3) is 0 Å². The SMILES string of the molecule is FC(F)(F)c1ccc(-c2c(Br)c(-c3ccccc3Br)c(-c3ccc(C(F)(F)F)cc3)c(Br)c2-c2ccccc2Br)cc1. The standard InChI is InChI=1S/C32H16Br4F6/c33-23-7-3-1-5-21(23)27-25(17-9-13-19(14-10-17)31(37,38)39)30(36)28(22-6-2-4-8-24(22)34)26(29(27)35)18-11-15-20(16-12-18)32(40,41)42/h1-16H. The molecule has 5 rings (SSSR count). The van der Waals surface area contributed by atoms with Gasteiger partial charge in [-0.1, -0.05) is 92.5 Å². The average Bonchev–Trinajstić information content (AvgIpc) is 2.94. The highest BCUT2D eigenvalue weighted by Crippen LogP contribution is 2.55. The van der Waals surface area contributed by atoms with Crippen LogP contribution in [0.1, 0.15) is 11.1 Å². The Morgan fingerprint density at radius 3 is 0.976 bits per heavy atom. The van der Waals surface area contributed by atoms with Crippen molar-refractivity contribution < 1.29 is 26.3 Å². The number of rotatable bonds is 4. The van der Waals surface area contributed by atoms with Crippen LogP contribution in [0.5, 0.6) is 0 Å². The topological polar surface area (TPSA) is 0 Å². The van der Waals surface area contributed by atoms with E-state index in [-0.39, 0.29) is 0 Å². The Morgan fingerprint density at radius 1 is 0.381 bits per heavy atom. The molecule has 0 bridgehead atoms. The van der Waals surface area contributed by atoms with Crippen molar-refractivity contribution in [2.75, 3.05) is 0 Å². The molecule has 0 unspecified atom stereocenters. The fourth-order valence-electron chi connectivity index (χ4n) is 4.72. The van der Waals surface area contributed by atoms with Gasteiger partial charge in [-0.25, -0.2) is 0 Å². The van der Waals surface area contributed by atoms with Crippen molar-refractivity contribution in [1.82, 2.24) is 0 Å². The van der Waals surface area contributed by atoms with Gasteiger partial charge >= 0.3 is 12.4 Å². The molecular weight excluding hydrogens is 818 g/mol. The third-order valence-corrected chi connectivity index (χ3v) is 9.64. The van der Waals surface area contributed by atoms with Crippen molar-refractivity contribution in [2.24, 2.45) is 0 Å². The number of halogens is 10. The third-order valence-electron chi connectivity index (χ3n) is 6.67. The summed E-state index contributed by atoms with van der Waals surface area (Å²) in [4.78, 5) is 0. The zero-order valence-electron chi connectivity index (χ0n) is 21.0. The number of alkyl halides is 6. The summed E-state index contributed by atoms with van der Waals surface area (Å²) in [5, 5.41) is 0. The quantitative estimate of drug-likeness (QED) is 0.158. The van der Waals surface area contributed by atoms with Gasteiger partial charge < -0.3 is 0 Å². The largest absolute Gasteiger partial charge is 0.416 e. The van der Waals surface area contributed by atoms with E-state index in [2.05, 4.69) is 63.7 Å². The van der Waals surface area contributed by atoms with E-state index in [4.69, 9.17) is 0 Å². The summed E-state index contributed by atoms with van der Waals surface area (Å²) >= 11 is 14.8. The van der Waals surface area contributed by atoms with Gasteiger partial charge in [-0.2, -0.15) is 26.3 Å². The van der Waals surface area contributed by atoms with Crippen LogP contribution in [0.15, 0.2) is 115 Å². The molecule has 0 spiro atoms. The fraction of sp³-hybridized carbons (Fsp3) is 0.0625. The molecule has 214 valence electrons. The maximum absolute atomic E-state index is 13.4. The molecule has 5 aromatic carbocycles. The Morgan fingerprint density at radius 2 is 0.690 bits per heavy atom. The average molecular weight is 834 g/mol. The van der Waals surface area contributed by atoms with Gasteiger partial charge in [0, 0.05) is 40.1 Å². The van der Waals surface area contributed by atoms with Crippen LogP contribution in [-0.4, -0.2) is 0 Å². The van der Waals surface area contributed by atoms with Crippen LogP contribution < -0.4 is 0 Å². The van der Waals surface area contributed by atoms with E-state index >= 15 is 0 Å². The minimum Gasteiger partial charge on any atom is -0.166 e. The monoisotopic (exact) mass is 830 g/mol. The molecule has 0 aliphatic rings. The maximum atomic E-state index is 13.4. The van der Waals surface area contributed by atoms with Crippen LogP contribution in [0.2, 0.25) is 0 Å². The van der Waals surface area contributed by atoms with Crippen molar-refractivity contribution in [2.45, 2.75) is 12.4 Å². The first-order valence-electron chi connectivity index (χ1n) is 12.2. The molecule has 0 N–H and O–H groups in total. The summed E-state index contributed by atoms with van der Waals surface area (Å²) in [6.07, 6.45) is -9.01. The minimum absolute atomic E-state index is 0.508. The lowest BCUT2D eigenvalue weighted by Crippen LogP contribution is -2.05. The van der Waals surface area contributed by atoms with Gasteiger partial charge in [-0.15, -0.1) is 0 Å². The molecule has 42 heavy (non-hydrogen) atoms. The molecule has 0 aliphatic heterocycles. The highest BCUT2D eigenvalue weighted by Gasteiger charge is 2.33. The van der Waals surface area contributed by atoms with Crippen molar-refractivity contribution in [3.8, 4) is 44.5 Å². The summed E-state index contributed by atoms with van der Waals surface area (Å²) in [6, 6.07) is 24.5. The lowest BCUT2D eigenvalue weighted by Gasteiger charge is -2.25. The second-order valence-corrected chi connectivity index (χ2v) is 12.5. The lowest BCUT2D eigenvalue weighted by molar-refractivity contribution is -0.138. The predicted octanol–water partition coefficient (Wildman–Crippen LogP) is 13.4. The molecule has 0 saturated heterocycles.